The third-order valence-electron chi connectivity index (χ3n) is 3.50. The molecule has 1 amide bonds. The number of halogens is 3. The number of aromatic amines is 1. The Hall–Kier alpha value is -2.63. The van der Waals surface area contributed by atoms with Gasteiger partial charge in [-0.15, -0.1) is 5.10 Å². The molecule has 134 valence electrons. The summed E-state index contributed by atoms with van der Waals surface area (Å²) in [5.41, 5.74) is 0.546. The van der Waals surface area contributed by atoms with Gasteiger partial charge in [-0.3, -0.25) is 19.5 Å². The van der Waals surface area contributed by atoms with E-state index in [4.69, 9.17) is 0 Å². The van der Waals surface area contributed by atoms with E-state index in [-0.39, 0.29) is 11.3 Å². The highest BCUT2D eigenvalue weighted by Gasteiger charge is 2.35. The molecular formula is C13H12F3N5O3S. The third kappa shape index (κ3) is 3.57. The first-order valence-electron chi connectivity index (χ1n) is 7.08. The van der Waals surface area contributed by atoms with Crippen molar-refractivity contribution in [1.82, 2.24) is 15.2 Å². The molecule has 2 heterocycles. The molecule has 0 unspecified atom stereocenters. The Kier molecular flexibility index (Phi) is 4.14. The number of hydrogen-bond acceptors (Lipinski definition) is 5. The zero-order valence-corrected chi connectivity index (χ0v) is 13.4. The van der Waals surface area contributed by atoms with Crippen molar-refractivity contribution < 1.29 is 26.4 Å². The quantitative estimate of drug-likeness (QED) is 0.848. The number of sulfonamides is 1. The summed E-state index contributed by atoms with van der Waals surface area (Å²) in [6, 6.07) is 5.65. The van der Waals surface area contributed by atoms with E-state index in [0.29, 0.717) is 18.7 Å². The Morgan fingerprint density at radius 2 is 1.92 bits per heavy atom. The molecule has 1 aromatic heterocycles. The summed E-state index contributed by atoms with van der Waals surface area (Å²) in [5, 5.41) is 7.09. The van der Waals surface area contributed by atoms with Crippen molar-refractivity contribution in [3.05, 3.63) is 35.7 Å². The van der Waals surface area contributed by atoms with Gasteiger partial charge in [0.2, 0.25) is 21.8 Å². The van der Waals surface area contributed by atoms with Crippen LogP contribution in [0, 0.1) is 0 Å². The van der Waals surface area contributed by atoms with E-state index >= 15 is 0 Å². The summed E-state index contributed by atoms with van der Waals surface area (Å²) in [5.74, 6) is -2.48. The molecule has 0 aliphatic carbocycles. The molecule has 0 spiro atoms. The van der Waals surface area contributed by atoms with Crippen molar-refractivity contribution in [2.45, 2.75) is 12.6 Å². The number of carbonyl (C=O) groups is 1. The third-order valence-corrected chi connectivity index (χ3v) is 5.37. The summed E-state index contributed by atoms with van der Waals surface area (Å²) in [7, 11) is -3.33. The van der Waals surface area contributed by atoms with Crippen LogP contribution >= 0.6 is 0 Å². The summed E-state index contributed by atoms with van der Waals surface area (Å²) in [6.45, 7) is 0.366. The highest BCUT2D eigenvalue weighted by atomic mass is 32.2. The van der Waals surface area contributed by atoms with Gasteiger partial charge in [0.25, 0.3) is 5.91 Å². The number of carbonyl (C=O) groups excluding carboxylic acids is 1. The Bertz CT molecular complexity index is 892. The van der Waals surface area contributed by atoms with Gasteiger partial charge in [-0.1, -0.05) is 0 Å². The van der Waals surface area contributed by atoms with Crippen LogP contribution in [0.2, 0.25) is 0 Å². The fraction of sp³-hybridized carbons (Fsp3) is 0.308. The highest BCUT2D eigenvalue weighted by Crippen LogP contribution is 2.27. The standard InChI is InChI=1S/C13H12F3N5O3S/c14-13(15,16)11-18-12(20-19-11)17-10(22)8-2-4-9(5-3-8)21-6-1-7-25(21,23)24/h2-5H,1,6-7H2,(H2,17,18,19,20,22). The van der Waals surface area contributed by atoms with Crippen molar-refractivity contribution in [1.29, 1.82) is 0 Å². The Labute approximate surface area is 140 Å². The second-order valence-electron chi connectivity index (χ2n) is 5.25. The molecule has 0 saturated carbocycles. The summed E-state index contributed by atoms with van der Waals surface area (Å²) in [4.78, 5) is 15.2. The molecule has 3 rings (SSSR count). The second kappa shape index (κ2) is 6.02. The van der Waals surface area contributed by atoms with E-state index in [0.717, 1.165) is 0 Å². The maximum atomic E-state index is 12.4. The molecule has 25 heavy (non-hydrogen) atoms. The molecule has 0 bridgehead atoms. The number of aromatic nitrogens is 3. The Morgan fingerprint density at radius 3 is 2.44 bits per heavy atom. The Morgan fingerprint density at radius 1 is 1.24 bits per heavy atom. The predicted molar refractivity (Wildman–Crippen MR) is 81.5 cm³/mol. The minimum absolute atomic E-state index is 0.0710. The zero-order chi connectivity index (χ0) is 18.2. The number of hydrogen-bond donors (Lipinski definition) is 2. The van der Waals surface area contributed by atoms with Gasteiger partial charge < -0.3 is 0 Å². The predicted octanol–water partition coefficient (Wildman–Crippen LogP) is 1.62. The van der Waals surface area contributed by atoms with Gasteiger partial charge in [-0.05, 0) is 30.7 Å². The van der Waals surface area contributed by atoms with Crippen LogP contribution in [-0.4, -0.2) is 41.8 Å². The van der Waals surface area contributed by atoms with Gasteiger partial charge in [-0.25, -0.2) is 8.42 Å². The lowest BCUT2D eigenvalue weighted by molar-refractivity contribution is -0.144. The van der Waals surface area contributed by atoms with E-state index in [9.17, 15) is 26.4 Å². The first-order valence-corrected chi connectivity index (χ1v) is 8.69. The van der Waals surface area contributed by atoms with E-state index < -0.39 is 33.9 Å². The molecule has 2 aromatic rings. The van der Waals surface area contributed by atoms with Crippen LogP contribution < -0.4 is 9.62 Å². The molecule has 1 fully saturated rings. The van der Waals surface area contributed by atoms with Gasteiger partial charge in [0.1, 0.15) is 0 Å². The summed E-state index contributed by atoms with van der Waals surface area (Å²) < 4.78 is 62.2. The Balaban J connectivity index is 1.72. The molecule has 1 saturated heterocycles. The average Bonchev–Trinajstić information content (AvgIpc) is 3.13. The average molecular weight is 375 g/mol. The van der Waals surface area contributed by atoms with Gasteiger partial charge in [0.05, 0.1) is 11.4 Å². The zero-order valence-electron chi connectivity index (χ0n) is 12.5. The van der Waals surface area contributed by atoms with Crippen LogP contribution in [0.4, 0.5) is 24.8 Å². The molecule has 1 aliphatic heterocycles. The van der Waals surface area contributed by atoms with E-state index in [1.165, 1.54) is 28.6 Å². The van der Waals surface area contributed by atoms with Crippen LogP contribution in [-0.2, 0) is 16.2 Å². The first kappa shape index (κ1) is 17.2. The lowest BCUT2D eigenvalue weighted by Gasteiger charge is -2.16. The normalized spacial score (nSPS) is 16.8. The van der Waals surface area contributed by atoms with Crippen molar-refractivity contribution in [3.8, 4) is 0 Å². The van der Waals surface area contributed by atoms with Gasteiger partial charge in [0, 0.05) is 12.1 Å². The monoisotopic (exact) mass is 375 g/mol. The highest BCUT2D eigenvalue weighted by molar-refractivity contribution is 7.93. The maximum Gasteiger partial charge on any atom is 0.451 e. The number of H-pyrrole nitrogens is 1. The number of amides is 1. The number of anilines is 2. The molecule has 1 aliphatic rings. The number of nitrogens with one attached hydrogen (secondary N) is 2. The van der Waals surface area contributed by atoms with Crippen molar-refractivity contribution in [2.24, 2.45) is 0 Å². The fourth-order valence-corrected chi connectivity index (χ4v) is 3.89. The van der Waals surface area contributed by atoms with Crippen molar-refractivity contribution in [3.63, 3.8) is 0 Å². The lowest BCUT2D eigenvalue weighted by atomic mass is 10.2. The minimum atomic E-state index is -4.70. The maximum absolute atomic E-state index is 12.4. The SMILES string of the molecule is O=C(Nc1n[nH]c(C(F)(F)F)n1)c1ccc(N2CCCS2(=O)=O)cc1. The van der Waals surface area contributed by atoms with Crippen LogP contribution in [0.15, 0.2) is 24.3 Å². The topological polar surface area (TPSA) is 108 Å². The smallest absolute Gasteiger partial charge is 0.289 e. The first-order chi connectivity index (χ1) is 11.7. The number of nitrogens with zero attached hydrogens (tertiary/aromatic N) is 3. The van der Waals surface area contributed by atoms with Gasteiger partial charge in [-0.2, -0.15) is 18.2 Å². The number of rotatable bonds is 3. The molecular weight excluding hydrogens is 363 g/mol. The van der Waals surface area contributed by atoms with Gasteiger partial charge in [0.15, 0.2) is 0 Å². The van der Waals surface area contributed by atoms with E-state index in [2.05, 4.69) is 15.4 Å². The molecule has 0 radical (unpaired) electrons. The van der Waals surface area contributed by atoms with Crippen LogP contribution in [0.3, 0.4) is 0 Å². The summed E-state index contributed by atoms with van der Waals surface area (Å²) >= 11 is 0. The molecule has 2 N–H and O–H groups in total. The van der Waals surface area contributed by atoms with E-state index in [1.54, 1.807) is 5.10 Å². The fourth-order valence-electron chi connectivity index (χ4n) is 2.33. The van der Waals surface area contributed by atoms with Gasteiger partial charge >= 0.3 is 6.18 Å². The number of benzene rings is 1. The number of alkyl halides is 3. The van der Waals surface area contributed by atoms with Crippen LogP contribution in [0.25, 0.3) is 0 Å². The molecule has 1 aromatic carbocycles. The molecule has 0 atom stereocenters. The van der Waals surface area contributed by atoms with Crippen molar-refractivity contribution in [2.75, 3.05) is 21.9 Å². The minimum Gasteiger partial charge on any atom is -0.289 e. The van der Waals surface area contributed by atoms with Crippen LogP contribution in [0.1, 0.15) is 22.6 Å². The molecule has 8 nitrogen and oxygen atoms in total. The largest absolute Gasteiger partial charge is 0.451 e. The van der Waals surface area contributed by atoms with Crippen LogP contribution in [0.5, 0.6) is 0 Å². The van der Waals surface area contributed by atoms with E-state index in [1.807, 2.05) is 0 Å². The summed E-state index contributed by atoms with van der Waals surface area (Å²) in [6.07, 6.45) is -4.17. The second-order valence-corrected chi connectivity index (χ2v) is 7.26. The lowest BCUT2D eigenvalue weighted by Crippen LogP contribution is -2.25. The van der Waals surface area contributed by atoms with Crippen molar-refractivity contribution >= 4 is 27.6 Å². The molecule has 12 heteroatoms.